The molecule has 1 aromatic rings. The maximum atomic E-state index is 13.1. The Bertz CT molecular complexity index is 394. The van der Waals surface area contributed by atoms with Gasteiger partial charge < -0.3 is 10.5 Å². The molecular weight excluding hydrogens is 229 g/mol. The molecule has 2 atom stereocenters. The molecule has 1 aliphatic heterocycles. The molecule has 1 heterocycles. The Labute approximate surface area is 108 Å². The number of hydrogen-bond acceptors (Lipinski definition) is 2. The van der Waals surface area contributed by atoms with Crippen LogP contribution in [0.3, 0.4) is 0 Å². The highest BCUT2D eigenvalue weighted by Crippen LogP contribution is 2.31. The smallest absolute Gasteiger partial charge is 0.123 e. The summed E-state index contributed by atoms with van der Waals surface area (Å²) >= 11 is 0. The van der Waals surface area contributed by atoms with Gasteiger partial charge in [0.25, 0.3) is 0 Å². The van der Waals surface area contributed by atoms with Gasteiger partial charge in [0.05, 0.1) is 0 Å². The molecule has 0 fully saturated rings. The molecule has 2 nitrogen and oxygen atoms in total. The number of nitrogens with two attached hydrogens (primary N) is 1. The highest BCUT2D eigenvalue weighted by molar-refractivity contribution is 5.37. The van der Waals surface area contributed by atoms with Crippen LogP contribution in [0.25, 0.3) is 0 Å². The van der Waals surface area contributed by atoms with Gasteiger partial charge in [0.2, 0.25) is 0 Å². The van der Waals surface area contributed by atoms with E-state index in [0.717, 1.165) is 49.8 Å². The zero-order valence-electron chi connectivity index (χ0n) is 11.0. The summed E-state index contributed by atoms with van der Waals surface area (Å²) in [6.07, 6.45) is 6.42. The first-order chi connectivity index (χ1) is 8.69. The maximum absolute atomic E-state index is 13.1. The van der Waals surface area contributed by atoms with E-state index >= 15 is 0 Å². The standard InChI is InChI=1S/C15H22FNO/c1-2-4-13(17)5-3-6-14-10-11-9-12(16)7-8-15(11)18-14/h7-9,13-14H,2-6,10,17H2,1H3. The van der Waals surface area contributed by atoms with Crippen molar-refractivity contribution in [2.24, 2.45) is 5.73 Å². The first kappa shape index (κ1) is 13.3. The fourth-order valence-corrected chi connectivity index (χ4v) is 2.57. The van der Waals surface area contributed by atoms with E-state index in [0.29, 0.717) is 6.04 Å². The van der Waals surface area contributed by atoms with Gasteiger partial charge in [0.15, 0.2) is 0 Å². The molecule has 18 heavy (non-hydrogen) atoms. The third-order valence-corrected chi connectivity index (χ3v) is 3.52. The van der Waals surface area contributed by atoms with Crippen molar-refractivity contribution >= 4 is 0 Å². The van der Waals surface area contributed by atoms with Crippen molar-refractivity contribution < 1.29 is 9.13 Å². The molecule has 1 aromatic carbocycles. The Morgan fingerprint density at radius 2 is 2.28 bits per heavy atom. The molecule has 0 bridgehead atoms. The predicted molar refractivity (Wildman–Crippen MR) is 71.3 cm³/mol. The average Bonchev–Trinajstić information content (AvgIpc) is 2.71. The Balaban J connectivity index is 1.74. The fourth-order valence-electron chi connectivity index (χ4n) is 2.57. The first-order valence-electron chi connectivity index (χ1n) is 6.89. The quantitative estimate of drug-likeness (QED) is 0.840. The van der Waals surface area contributed by atoms with Crippen molar-refractivity contribution in [3.05, 3.63) is 29.6 Å². The molecule has 3 heteroatoms. The van der Waals surface area contributed by atoms with Crippen molar-refractivity contribution in [1.82, 2.24) is 0 Å². The van der Waals surface area contributed by atoms with Gasteiger partial charge in [-0.2, -0.15) is 0 Å². The number of ether oxygens (including phenoxy) is 1. The third kappa shape index (κ3) is 3.45. The van der Waals surface area contributed by atoms with E-state index in [1.807, 2.05) is 0 Å². The minimum Gasteiger partial charge on any atom is -0.490 e. The normalized spacial score (nSPS) is 19.4. The summed E-state index contributed by atoms with van der Waals surface area (Å²) in [4.78, 5) is 0. The molecule has 2 N–H and O–H groups in total. The second-order valence-corrected chi connectivity index (χ2v) is 5.18. The van der Waals surface area contributed by atoms with Crippen LogP contribution in [0.5, 0.6) is 5.75 Å². The van der Waals surface area contributed by atoms with E-state index in [1.54, 1.807) is 12.1 Å². The number of hydrogen-bond donors (Lipinski definition) is 1. The molecule has 100 valence electrons. The van der Waals surface area contributed by atoms with Gasteiger partial charge >= 0.3 is 0 Å². The zero-order valence-corrected chi connectivity index (χ0v) is 11.0. The van der Waals surface area contributed by atoms with Gasteiger partial charge in [-0.3, -0.25) is 0 Å². The monoisotopic (exact) mass is 251 g/mol. The topological polar surface area (TPSA) is 35.2 Å². The third-order valence-electron chi connectivity index (χ3n) is 3.52. The highest BCUT2D eigenvalue weighted by atomic mass is 19.1. The summed E-state index contributed by atoms with van der Waals surface area (Å²) in [6.45, 7) is 2.16. The maximum Gasteiger partial charge on any atom is 0.123 e. The lowest BCUT2D eigenvalue weighted by molar-refractivity contribution is 0.215. The summed E-state index contributed by atoms with van der Waals surface area (Å²) in [5.74, 6) is 0.669. The van der Waals surface area contributed by atoms with Crippen LogP contribution >= 0.6 is 0 Å². The van der Waals surface area contributed by atoms with Gasteiger partial charge in [-0.1, -0.05) is 13.3 Å². The summed E-state index contributed by atoms with van der Waals surface area (Å²) in [7, 11) is 0. The lowest BCUT2D eigenvalue weighted by atomic mass is 10.0. The van der Waals surface area contributed by atoms with Crippen molar-refractivity contribution in [2.75, 3.05) is 0 Å². The van der Waals surface area contributed by atoms with Crippen molar-refractivity contribution in [2.45, 2.75) is 57.6 Å². The van der Waals surface area contributed by atoms with Gasteiger partial charge in [-0.15, -0.1) is 0 Å². The molecule has 0 saturated heterocycles. The van der Waals surface area contributed by atoms with E-state index in [1.165, 1.54) is 6.07 Å². The van der Waals surface area contributed by atoms with Crippen molar-refractivity contribution in [1.29, 1.82) is 0 Å². The van der Waals surface area contributed by atoms with Crippen LogP contribution in [-0.2, 0) is 6.42 Å². The molecule has 0 aromatic heterocycles. The van der Waals surface area contributed by atoms with Gasteiger partial charge in [-0.05, 0) is 43.9 Å². The second-order valence-electron chi connectivity index (χ2n) is 5.18. The first-order valence-corrected chi connectivity index (χ1v) is 6.89. The second kappa shape index (κ2) is 6.19. The van der Waals surface area contributed by atoms with Crippen LogP contribution in [0.1, 0.15) is 44.6 Å². The van der Waals surface area contributed by atoms with Crippen molar-refractivity contribution in [3.63, 3.8) is 0 Å². The molecule has 0 amide bonds. The molecule has 0 aliphatic carbocycles. The van der Waals surface area contributed by atoms with Gasteiger partial charge in [0, 0.05) is 18.0 Å². The van der Waals surface area contributed by atoms with Gasteiger partial charge in [0.1, 0.15) is 17.7 Å². The Morgan fingerprint density at radius 1 is 1.44 bits per heavy atom. The summed E-state index contributed by atoms with van der Waals surface area (Å²) in [6, 6.07) is 5.08. The minimum absolute atomic E-state index is 0.178. The molecule has 0 spiro atoms. The SMILES string of the molecule is CCCC(N)CCCC1Cc2cc(F)ccc2O1. The summed E-state index contributed by atoms with van der Waals surface area (Å²) in [5.41, 5.74) is 6.98. The van der Waals surface area contributed by atoms with Crippen LogP contribution in [0.2, 0.25) is 0 Å². The molecule has 0 saturated carbocycles. The lowest BCUT2D eigenvalue weighted by Gasteiger charge is -2.13. The molecular formula is C15H22FNO. The Hall–Kier alpha value is -1.09. The Morgan fingerprint density at radius 3 is 3.06 bits per heavy atom. The van der Waals surface area contributed by atoms with Crippen LogP contribution in [-0.4, -0.2) is 12.1 Å². The van der Waals surface area contributed by atoms with Crippen LogP contribution < -0.4 is 10.5 Å². The molecule has 2 unspecified atom stereocenters. The number of rotatable bonds is 6. The van der Waals surface area contributed by atoms with E-state index in [-0.39, 0.29) is 11.9 Å². The lowest BCUT2D eigenvalue weighted by Crippen LogP contribution is -2.20. The number of benzene rings is 1. The van der Waals surface area contributed by atoms with E-state index in [2.05, 4.69) is 6.92 Å². The van der Waals surface area contributed by atoms with Crippen LogP contribution in [0.4, 0.5) is 4.39 Å². The van der Waals surface area contributed by atoms with Crippen molar-refractivity contribution in [3.8, 4) is 5.75 Å². The molecule has 1 aliphatic rings. The Kier molecular flexibility index (Phi) is 4.59. The van der Waals surface area contributed by atoms with E-state index < -0.39 is 0 Å². The molecule has 2 rings (SSSR count). The predicted octanol–water partition coefficient (Wildman–Crippen LogP) is 3.43. The summed E-state index contributed by atoms with van der Waals surface area (Å²) < 4.78 is 18.9. The fraction of sp³-hybridized carbons (Fsp3) is 0.600. The highest BCUT2D eigenvalue weighted by Gasteiger charge is 2.22. The minimum atomic E-state index is -0.178. The number of fused-ring (bicyclic) bond motifs is 1. The van der Waals surface area contributed by atoms with E-state index in [4.69, 9.17) is 10.5 Å². The zero-order chi connectivity index (χ0) is 13.0. The molecule has 0 radical (unpaired) electrons. The largest absolute Gasteiger partial charge is 0.490 e. The number of halogens is 1. The van der Waals surface area contributed by atoms with Gasteiger partial charge in [-0.25, -0.2) is 4.39 Å². The van der Waals surface area contributed by atoms with E-state index in [9.17, 15) is 4.39 Å². The average molecular weight is 251 g/mol. The van der Waals surface area contributed by atoms with Crippen LogP contribution in [0, 0.1) is 5.82 Å². The van der Waals surface area contributed by atoms with Crippen LogP contribution in [0.15, 0.2) is 18.2 Å². The summed E-state index contributed by atoms with van der Waals surface area (Å²) in [5, 5.41) is 0.